The maximum atomic E-state index is 11.8. The van der Waals surface area contributed by atoms with E-state index in [1.54, 1.807) is 0 Å². The molecule has 0 saturated carbocycles. The third kappa shape index (κ3) is 5.14. The van der Waals surface area contributed by atoms with E-state index in [2.05, 4.69) is 0 Å². The van der Waals surface area contributed by atoms with Crippen molar-refractivity contribution >= 4 is 46.5 Å². The third-order valence-corrected chi connectivity index (χ3v) is 4.20. The first-order valence-corrected chi connectivity index (χ1v) is 8.19. The number of carbonyl (C=O) groups is 1. The van der Waals surface area contributed by atoms with Crippen LogP contribution in [0.4, 0.5) is 5.69 Å². The topological polar surface area (TPSA) is 87.9 Å². The Bertz CT molecular complexity index is 843. The molecular weight excluding hydrogens is 409 g/mol. The van der Waals surface area contributed by atoms with E-state index in [-0.39, 0.29) is 33.1 Å². The first-order valence-electron chi connectivity index (χ1n) is 7.06. The molecule has 2 rings (SSSR count). The van der Waals surface area contributed by atoms with E-state index < -0.39 is 17.5 Å². The Balaban J connectivity index is 1.98. The van der Waals surface area contributed by atoms with Gasteiger partial charge in [0.25, 0.3) is 5.69 Å². The van der Waals surface area contributed by atoms with Crippen LogP contribution in [0.3, 0.4) is 0 Å². The van der Waals surface area contributed by atoms with Crippen molar-refractivity contribution in [3.8, 4) is 11.5 Å². The monoisotopic (exact) mass is 419 g/mol. The lowest BCUT2D eigenvalue weighted by molar-refractivity contribution is -0.385. The van der Waals surface area contributed by atoms with Gasteiger partial charge in [0, 0.05) is 23.8 Å². The summed E-state index contributed by atoms with van der Waals surface area (Å²) >= 11 is 17.6. The molecule has 0 saturated heterocycles. The Morgan fingerprint density at radius 2 is 1.77 bits per heavy atom. The van der Waals surface area contributed by atoms with Gasteiger partial charge < -0.3 is 14.2 Å². The highest BCUT2D eigenvalue weighted by Gasteiger charge is 2.14. The lowest BCUT2D eigenvalue weighted by atomic mass is 10.2. The van der Waals surface area contributed by atoms with Crippen LogP contribution in [0.15, 0.2) is 30.3 Å². The van der Waals surface area contributed by atoms with Gasteiger partial charge in [0.15, 0.2) is 6.61 Å². The number of rotatable bonds is 7. The summed E-state index contributed by atoms with van der Waals surface area (Å²) in [6.07, 6.45) is 0. The molecule has 2 aromatic rings. The second kappa shape index (κ2) is 8.93. The van der Waals surface area contributed by atoms with Gasteiger partial charge in [0.2, 0.25) is 0 Å². The maximum absolute atomic E-state index is 11.8. The molecular formula is C16H12Cl3NO6. The number of nitro benzene ring substituents is 1. The van der Waals surface area contributed by atoms with Crippen molar-refractivity contribution in [3.05, 3.63) is 61.1 Å². The van der Waals surface area contributed by atoms with Crippen molar-refractivity contribution in [1.82, 2.24) is 0 Å². The van der Waals surface area contributed by atoms with Gasteiger partial charge in [-0.15, -0.1) is 0 Å². The van der Waals surface area contributed by atoms with E-state index in [1.807, 2.05) is 0 Å². The second-order valence-electron chi connectivity index (χ2n) is 4.90. The molecule has 26 heavy (non-hydrogen) atoms. The summed E-state index contributed by atoms with van der Waals surface area (Å²) in [6, 6.07) is 6.75. The summed E-state index contributed by atoms with van der Waals surface area (Å²) in [4.78, 5) is 22.1. The van der Waals surface area contributed by atoms with E-state index in [0.29, 0.717) is 11.3 Å². The van der Waals surface area contributed by atoms with E-state index in [1.165, 1.54) is 37.4 Å². The summed E-state index contributed by atoms with van der Waals surface area (Å²) in [5, 5.41) is 11.5. The zero-order valence-corrected chi connectivity index (χ0v) is 15.6. The Labute approximate surface area is 163 Å². The fraction of sp³-hybridized carbons (Fsp3) is 0.188. The third-order valence-electron chi connectivity index (χ3n) is 3.18. The lowest BCUT2D eigenvalue weighted by Gasteiger charge is -2.11. The number of nitrogens with zero attached hydrogens (tertiary/aromatic N) is 1. The number of methoxy groups -OCH3 is 1. The van der Waals surface area contributed by atoms with Crippen LogP contribution in [0.1, 0.15) is 5.56 Å². The van der Waals surface area contributed by atoms with Gasteiger partial charge in [0.1, 0.15) is 18.1 Å². The van der Waals surface area contributed by atoms with E-state index in [9.17, 15) is 14.9 Å². The van der Waals surface area contributed by atoms with Gasteiger partial charge in [0.05, 0.1) is 27.1 Å². The minimum atomic E-state index is -0.708. The number of halogens is 3. The zero-order chi connectivity index (χ0) is 19.3. The van der Waals surface area contributed by atoms with Gasteiger partial charge in [-0.2, -0.15) is 0 Å². The molecule has 0 unspecified atom stereocenters. The number of carbonyl (C=O) groups excluding carboxylic acids is 1. The van der Waals surface area contributed by atoms with Crippen molar-refractivity contribution in [2.75, 3.05) is 13.7 Å². The fourth-order valence-electron chi connectivity index (χ4n) is 1.94. The molecule has 138 valence electrons. The van der Waals surface area contributed by atoms with Gasteiger partial charge in [-0.1, -0.05) is 34.8 Å². The molecule has 2 aromatic carbocycles. The van der Waals surface area contributed by atoms with Crippen LogP contribution in [0.25, 0.3) is 0 Å². The molecule has 0 atom stereocenters. The summed E-state index contributed by atoms with van der Waals surface area (Å²) in [7, 11) is 1.40. The van der Waals surface area contributed by atoms with Crippen molar-refractivity contribution < 1.29 is 23.9 Å². The molecule has 0 N–H and O–H groups in total. The van der Waals surface area contributed by atoms with Gasteiger partial charge in [-0.3, -0.25) is 10.1 Å². The van der Waals surface area contributed by atoms with E-state index >= 15 is 0 Å². The average molecular weight is 421 g/mol. The van der Waals surface area contributed by atoms with Crippen LogP contribution in [-0.4, -0.2) is 24.6 Å². The highest BCUT2D eigenvalue weighted by molar-refractivity contribution is 6.43. The number of hydrogen-bond donors (Lipinski definition) is 0. The van der Waals surface area contributed by atoms with Crippen molar-refractivity contribution in [3.63, 3.8) is 0 Å². The lowest BCUT2D eigenvalue weighted by Crippen LogP contribution is -2.15. The smallest absolute Gasteiger partial charge is 0.344 e. The number of hydrogen-bond acceptors (Lipinski definition) is 6. The molecule has 0 fully saturated rings. The van der Waals surface area contributed by atoms with E-state index in [0.717, 1.165) is 0 Å². The van der Waals surface area contributed by atoms with Crippen LogP contribution < -0.4 is 9.47 Å². The van der Waals surface area contributed by atoms with Crippen molar-refractivity contribution in [2.45, 2.75) is 6.61 Å². The average Bonchev–Trinajstić information content (AvgIpc) is 2.61. The summed E-state index contributed by atoms with van der Waals surface area (Å²) < 4.78 is 15.4. The zero-order valence-electron chi connectivity index (χ0n) is 13.3. The summed E-state index contributed by atoms with van der Waals surface area (Å²) in [6.45, 7) is -0.656. The standard InChI is InChI=1S/C16H12Cl3NO6/c1-24-14-3-2-10(20(22)23)4-9(14)7-26-16(21)8-25-15-6-12(18)11(17)5-13(15)19/h2-6H,7-8H2,1H3. The normalized spacial score (nSPS) is 10.3. The van der Waals surface area contributed by atoms with Gasteiger partial charge >= 0.3 is 5.97 Å². The highest BCUT2D eigenvalue weighted by atomic mass is 35.5. The number of non-ortho nitro benzene ring substituents is 1. The maximum Gasteiger partial charge on any atom is 0.344 e. The molecule has 10 heteroatoms. The molecule has 0 radical (unpaired) electrons. The predicted molar refractivity (Wildman–Crippen MR) is 96.4 cm³/mol. The van der Waals surface area contributed by atoms with Crippen LogP contribution in [0.2, 0.25) is 15.1 Å². The number of ether oxygens (including phenoxy) is 3. The molecule has 0 aliphatic carbocycles. The number of nitro groups is 1. The summed E-state index contributed by atoms with van der Waals surface area (Å²) in [5.41, 5.74) is 0.207. The SMILES string of the molecule is COc1ccc([N+](=O)[O-])cc1COC(=O)COc1cc(Cl)c(Cl)cc1Cl. The van der Waals surface area contributed by atoms with Crippen molar-refractivity contribution in [2.24, 2.45) is 0 Å². The Hall–Kier alpha value is -2.22. The molecule has 0 aromatic heterocycles. The quantitative estimate of drug-likeness (QED) is 0.279. The minimum Gasteiger partial charge on any atom is -0.496 e. The fourth-order valence-corrected chi connectivity index (χ4v) is 2.53. The van der Waals surface area contributed by atoms with Crippen LogP contribution in [0, 0.1) is 10.1 Å². The Morgan fingerprint density at radius 1 is 1.08 bits per heavy atom. The Morgan fingerprint density at radius 3 is 2.42 bits per heavy atom. The first kappa shape index (κ1) is 20.1. The summed E-state index contributed by atoms with van der Waals surface area (Å²) in [5.74, 6) is -0.177. The molecule has 0 amide bonds. The van der Waals surface area contributed by atoms with Gasteiger partial charge in [-0.05, 0) is 12.1 Å². The molecule has 0 spiro atoms. The largest absolute Gasteiger partial charge is 0.496 e. The molecule has 0 aliphatic rings. The van der Waals surface area contributed by atoms with Gasteiger partial charge in [-0.25, -0.2) is 4.79 Å². The van der Waals surface area contributed by atoms with Crippen LogP contribution in [0.5, 0.6) is 11.5 Å². The minimum absolute atomic E-state index is 0.143. The number of benzene rings is 2. The molecule has 0 aliphatic heterocycles. The molecule has 7 nitrogen and oxygen atoms in total. The first-order chi connectivity index (χ1) is 12.3. The number of esters is 1. The predicted octanol–water partition coefficient (Wildman–Crippen LogP) is 4.69. The molecule has 0 heterocycles. The highest BCUT2D eigenvalue weighted by Crippen LogP contribution is 2.33. The van der Waals surface area contributed by atoms with Crippen molar-refractivity contribution in [1.29, 1.82) is 0 Å². The second-order valence-corrected chi connectivity index (χ2v) is 6.12. The van der Waals surface area contributed by atoms with E-state index in [4.69, 9.17) is 49.0 Å². The molecule has 0 bridgehead atoms. The van der Waals surface area contributed by atoms with Crippen LogP contribution in [-0.2, 0) is 16.1 Å². The van der Waals surface area contributed by atoms with Crippen LogP contribution >= 0.6 is 34.8 Å². The Kier molecular flexibility index (Phi) is 6.90.